The lowest BCUT2D eigenvalue weighted by Gasteiger charge is -2.31. The van der Waals surface area contributed by atoms with Gasteiger partial charge in [0, 0.05) is 13.1 Å². The van der Waals surface area contributed by atoms with Gasteiger partial charge in [0.15, 0.2) is 0 Å². The summed E-state index contributed by atoms with van der Waals surface area (Å²) in [5.74, 6) is 0. The van der Waals surface area contributed by atoms with Gasteiger partial charge < -0.3 is 10.6 Å². The van der Waals surface area contributed by atoms with Crippen molar-refractivity contribution in [3.63, 3.8) is 0 Å². The maximum absolute atomic E-state index is 3.87. The summed E-state index contributed by atoms with van der Waals surface area (Å²) in [6, 6.07) is 39.2. The first-order valence-electron chi connectivity index (χ1n) is 11.4. The van der Waals surface area contributed by atoms with Crippen molar-refractivity contribution >= 4 is 0 Å². The van der Waals surface area contributed by atoms with Crippen molar-refractivity contribution in [3.05, 3.63) is 143 Å². The van der Waals surface area contributed by atoms with Crippen LogP contribution in [-0.4, -0.2) is 0 Å². The highest BCUT2D eigenvalue weighted by atomic mass is 15.0. The van der Waals surface area contributed by atoms with Gasteiger partial charge in [0.2, 0.25) is 0 Å². The fourth-order valence-corrected chi connectivity index (χ4v) is 4.23. The van der Waals surface area contributed by atoms with Crippen molar-refractivity contribution < 1.29 is 0 Å². The van der Waals surface area contributed by atoms with Crippen LogP contribution in [0.1, 0.15) is 45.5 Å². The lowest BCUT2D eigenvalue weighted by molar-refractivity contribution is 0.381. The largest absolute Gasteiger partial charge is 0.304 e. The van der Waals surface area contributed by atoms with Crippen molar-refractivity contribution in [3.8, 4) is 0 Å². The van der Waals surface area contributed by atoms with Crippen LogP contribution >= 0.6 is 0 Å². The molecule has 0 aliphatic heterocycles. The third-order valence-electron chi connectivity index (χ3n) is 5.87. The highest BCUT2D eigenvalue weighted by molar-refractivity contribution is 5.33. The van der Waals surface area contributed by atoms with E-state index >= 15 is 0 Å². The molecular weight excluding hydrogens is 388 g/mol. The molecule has 2 heteroatoms. The van der Waals surface area contributed by atoms with Gasteiger partial charge in [-0.1, -0.05) is 120 Å². The van der Waals surface area contributed by atoms with Gasteiger partial charge in [0.05, 0.1) is 12.1 Å². The molecule has 0 saturated heterocycles. The fourth-order valence-electron chi connectivity index (χ4n) is 4.23. The Balaban J connectivity index is 1.68. The molecule has 162 valence electrons. The molecule has 0 radical (unpaired) electrons. The van der Waals surface area contributed by atoms with Crippen LogP contribution in [0.15, 0.2) is 109 Å². The third-order valence-corrected chi connectivity index (χ3v) is 5.87. The lowest BCUT2D eigenvalue weighted by Crippen LogP contribution is -2.35. The molecule has 32 heavy (non-hydrogen) atoms. The number of rotatable bonds is 9. The van der Waals surface area contributed by atoms with Gasteiger partial charge in [-0.15, -0.1) is 0 Å². The van der Waals surface area contributed by atoms with Crippen LogP contribution in [-0.2, 0) is 13.1 Å². The van der Waals surface area contributed by atoms with Crippen molar-refractivity contribution in [2.75, 3.05) is 0 Å². The monoisotopic (exact) mass is 420 g/mol. The van der Waals surface area contributed by atoms with E-state index in [1.54, 1.807) is 0 Å². The summed E-state index contributed by atoms with van der Waals surface area (Å²) < 4.78 is 0. The third kappa shape index (κ3) is 5.94. The van der Waals surface area contributed by atoms with Gasteiger partial charge in [-0.25, -0.2) is 0 Å². The minimum Gasteiger partial charge on any atom is -0.304 e. The van der Waals surface area contributed by atoms with E-state index in [0.29, 0.717) is 0 Å². The zero-order valence-corrected chi connectivity index (χ0v) is 19.0. The Morgan fingerprint density at radius 1 is 0.500 bits per heavy atom. The molecular formula is C30H32N2. The van der Waals surface area contributed by atoms with E-state index in [9.17, 15) is 0 Å². The van der Waals surface area contributed by atoms with E-state index in [1.807, 2.05) is 0 Å². The molecule has 0 spiro atoms. The number of hydrogen-bond acceptors (Lipinski definition) is 2. The van der Waals surface area contributed by atoms with E-state index < -0.39 is 0 Å². The van der Waals surface area contributed by atoms with E-state index in [2.05, 4.69) is 134 Å². The van der Waals surface area contributed by atoms with Crippen LogP contribution in [0.4, 0.5) is 0 Å². The summed E-state index contributed by atoms with van der Waals surface area (Å²) in [5, 5.41) is 7.74. The number of hydrogen-bond donors (Lipinski definition) is 2. The summed E-state index contributed by atoms with van der Waals surface area (Å²) >= 11 is 0. The smallest absolute Gasteiger partial charge is 0.0521 e. The molecule has 0 fully saturated rings. The first-order chi connectivity index (χ1) is 15.7. The Morgan fingerprint density at radius 2 is 0.906 bits per heavy atom. The van der Waals surface area contributed by atoms with Crippen LogP contribution in [0.2, 0.25) is 0 Å². The van der Waals surface area contributed by atoms with Gasteiger partial charge in [-0.3, -0.25) is 0 Å². The van der Waals surface area contributed by atoms with Crippen LogP contribution in [0, 0.1) is 13.8 Å². The second-order valence-electron chi connectivity index (χ2n) is 8.52. The van der Waals surface area contributed by atoms with Crippen molar-refractivity contribution in [1.29, 1.82) is 0 Å². The maximum Gasteiger partial charge on any atom is 0.0521 e. The van der Waals surface area contributed by atoms with Crippen LogP contribution in [0.3, 0.4) is 0 Å². The molecule has 0 heterocycles. The summed E-state index contributed by atoms with van der Waals surface area (Å²) in [6.07, 6.45) is 0. The second-order valence-corrected chi connectivity index (χ2v) is 8.52. The van der Waals surface area contributed by atoms with Gasteiger partial charge in [0.1, 0.15) is 0 Å². The fraction of sp³-hybridized carbons (Fsp3) is 0.200. The van der Waals surface area contributed by atoms with Crippen molar-refractivity contribution in [1.82, 2.24) is 10.6 Å². The number of aryl methyl sites for hydroxylation is 2. The van der Waals surface area contributed by atoms with Gasteiger partial charge >= 0.3 is 0 Å². The summed E-state index contributed by atoms with van der Waals surface area (Å²) in [6.45, 7) is 5.96. The predicted octanol–water partition coefficient (Wildman–Crippen LogP) is 6.67. The molecule has 2 N–H and O–H groups in total. The quantitative estimate of drug-likeness (QED) is 0.316. The Kier molecular flexibility index (Phi) is 7.50. The zero-order valence-electron chi connectivity index (χ0n) is 19.0. The summed E-state index contributed by atoms with van der Waals surface area (Å²) in [4.78, 5) is 0. The molecule has 0 saturated carbocycles. The Bertz CT molecular complexity index is 1010. The standard InChI is InChI=1S/C30H32N2/c1-23-11-9-17-27(19-23)29(31-21-25-13-5-3-6-14-25)30(28-18-10-12-24(2)20-28)32-22-26-15-7-4-8-16-26/h3-20,29-32H,21-22H2,1-2H3/t29-,30+. The molecule has 0 aliphatic rings. The van der Waals surface area contributed by atoms with E-state index in [4.69, 9.17) is 0 Å². The topological polar surface area (TPSA) is 24.1 Å². The average Bonchev–Trinajstić information content (AvgIpc) is 2.82. The summed E-state index contributed by atoms with van der Waals surface area (Å²) in [7, 11) is 0. The van der Waals surface area contributed by atoms with Crippen molar-refractivity contribution in [2.24, 2.45) is 0 Å². The lowest BCUT2D eigenvalue weighted by atomic mass is 9.91. The van der Waals surface area contributed by atoms with Gasteiger partial charge in [-0.05, 0) is 36.1 Å². The van der Waals surface area contributed by atoms with Crippen LogP contribution in [0.25, 0.3) is 0 Å². The second kappa shape index (κ2) is 10.9. The molecule has 0 unspecified atom stereocenters. The highest BCUT2D eigenvalue weighted by Crippen LogP contribution is 2.31. The number of nitrogens with one attached hydrogen (secondary N) is 2. The minimum absolute atomic E-state index is 0.126. The van der Waals surface area contributed by atoms with Gasteiger partial charge in [0.25, 0.3) is 0 Å². The zero-order chi connectivity index (χ0) is 22.2. The molecule has 2 atom stereocenters. The van der Waals surface area contributed by atoms with Crippen molar-refractivity contribution in [2.45, 2.75) is 39.0 Å². The van der Waals surface area contributed by atoms with E-state index in [-0.39, 0.29) is 12.1 Å². The molecule has 0 aromatic heterocycles. The van der Waals surface area contributed by atoms with Gasteiger partial charge in [-0.2, -0.15) is 0 Å². The molecule has 4 aromatic rings. The average molecular weight is 421 g/mol. The molecule has 4 rings (SSSR count). The minimum atomic E-state index is 0.126. The first-order valence-corrected chi connectivity index (χ1v) is 11.4. The van der Waals surface area contributed by atoms with E-state index in [0.717, 1.165) is 13.1 Å². The Morgan fingerprint density at radius 3 is 1.28 bits per heavy atom. The SMILES string of the molecule is Cc1cccc([C@@H](NCc2ccccc2)[C@@H](NCc2ccccc2)c2cccc(C)c2)c1. The summed E-state index contributed by atoms with van der Waals surface area (Å²) in [5.41, 5.74) is 7.73. The Hall–Kier alpha value is -3.20. The highest BCUT2D eigenvalue weighted by Gasteiger charge is 2.24. The van der Waals surface area contributed by atoms with E-state index in [1.165, 1.54) is 33.4 Å². The Labute approximate surface area is 192 Å². The predicted molar refractivity (Wildman–Crippen MR) is 134 cm³/mol. The first kappa shape index (κ1) is 22.0. The van der Waals surface area contributed by atoms with Crippen LogP contribution < -0.4 is 10.6 Å². The normalized spacial score (nSPS) is 12.9. The molecule has 0 aliphatic carbocycles. The molecule has 2 nitrogen and oxygen atoms in total. The van der Waals surface area contributed by atoms with Crippen LogP contribution in [0.5, 0.6) is 0 Å². The number of benzene rings is 4. The maximum atomic E-state index is 3.87. The molecule has 0 bridgehead atoms. The molecule has 0 amide bonds. The molecule has 4 aromatic carbocycles.